The molecule has 1 N–H and O–H groups in total. The normalized spacial score (nSPS) is 10.9. The summed E-state index contributed by atoms with van der Waals surface area (Å²) in [7, 11) is 0. The fourth-order valence-electron chi connectivity index (χ4n) is 2.60. The average Bonchev–Trinajstić information content (AvgIpc) is 2.73. The number of nitrogens with one attached hydrogen (secondary N) is 1. The van der Waals surface area contributed by atoms with Gasteiger partial charge in [0.15, 0.2) is 6.61 Å². The lowest BCUT2D eigenvalue weighted by atomic mass is 10.0. The van der Waals surface area contributed by atoms with Crippen molar-refractivity contribution in [3.63, 3.8) is 0 Å². The Bertz CT molecular complexity index is 1090. The van der Waals surface area contributed by atoms with E-state index in [1.165, 1.54) is 6.07 Å². The molecule has 0 atom stereocenters. The molecule has 0 saturated heterocycles. The van der Waals surface area contributed by atoms with Gasteiger partial charge in [-0.05, 0) is 57.9 Å². The van der Waals surface area contributed by atoms with E-state index in [-0.39, 0.29) is 23.7 Å². The van der Waals surface area contributed by atoms with E-state index in [2.05, 4.69) is 21.2 Å². The second-order valence-corrected chi connectivity index (χ2v) is 6.90. The molecule has 3 aromatic carbocycles. The highest BCUT2D eigenvalue weighted by atomic mass is 79.9. The van der Waals surface area contributed by atoms with Crippen molar-refractivity contribution in [3.05, 3.63) is 94.2 Å². The quantitative estimate of drug-likeness (QED) is 0.388. The number of hydrogen-bond donors (Lipinski definition) is 1. The average molecular weight is 451 g/mol. The Kier molecular flexibility index (Phi) is 6.77. The van der Waals surface area contributed by atoms with Gasteiger partial charge in [0, 0.05) is 11.3 Å². The predicted molar refractivity (Wildman–Crippen MR) is 115 cm³/mol. The molecule has 0 aliphatic rings. The fraction of sp³-hybridized carbons (Fsp3) is 0.0435. The molecule has 0 aliphatic carbocycles. The predicted octanol–water partition coefficient (Wildman–Crippen LogP) is 5.67. The van der Waals surface area contributed by atoms with Crippen molar-refractivity contribution in [2.75, 3.05) is 11.9 Å². The number of carbonyl (C=O) groups is 1. The Labute approximate surface area is 176 Å². The van der Waals surface area contributed by atoms with Crippen LogP contribution < -0.4 is 10.1 Å². The van der Waals surface area contributed by atoms with Gasteiger partial charge in [-0.3, -0.25) is 4.79 Å². The van der Waals surface area contributed by atoms with Gasteiger partial charge in [0.05, 0.1) is 16.1 Å². The summed E-state index contributed by atoms with van der Waals surface area (Å²) in [4.78, 5) is 12.0. The molecule has 0 spiro atoms. The number of benzene rings is 3. The lowest BCUT2D eigenvalue weighted by molar-refractivity contribution is -0.118. The molecular weight excluding hydrogens is 435 g/mol. The summed E-state index contributed by atoms with van der Waals surface area (Å²) < 4.78 is 20.1. The summed E-state index contributed by atoms with van der Waals surface area (Å²) in [5.74, 6) is -0.253. The third kappa shape index (κ3) is 5.53. The first-order valence-corrected chi connectivity index (χ1v) is 9.50. The highest BCUT2D eigenvalue weighted by Gasteiger charge is 2.09. The van der Waals surface area contributed by atoms with Crippen LogP contribution in [0.3, 0.4) is 0 Å². The highest BCUT2D eigenvalue weighted by Crippen LogP contribution is 2.28. The molecular formula is C23H16BrFN2O2. The van der Waals surface area contributed by atoms with E-state index >= 15 is 0 Å². The fourth-order valence-corrected chi connectivity index (χ4v) is 3.11. The van der Waals surface area contributed by atoms with Gasteiger partial charge < -0.3 is 10.1 Å². The second kappa shape index (κ2) is 9.67. The van der Waals surface area contributed by atoms with E-state index in [4.69, 9.17) is 4.74 Å². The van der Waals surface area contributed by atoms with E-state index in [1.54, 1.807) is 54.6 Å². The molecule has 1 amide bonds. The first-order chi connectivity index (χ1) is 14.1. The summed E-state index contributed by atoms with van der Waals surface area (Å²) in [5.41, 5.74) is 1.84. The Balaban J connectivity index is 1.69. The molecule has 4 nitrogen and oxygen atoms in total. The Morgan fingerprint density at radius 3 is 2.52 bits per heavy atom. The molecule has 0 fully saturated rings. The van der Waals surface area contributed by atoms with E-state index in [9.17, 15) is 14.4 Å². The summed E-state index contributed by atoms with van der Waals surface area (Å²) in [6, 6.07) is 22.4. The van der Waals surface area contributed by atoms with Gasteiger partial charge in [0.1, 0.15) is 11.6 Å². The third-order valence-corrected chi connectivity index (χ3v) is 4.59. The van der Waals surface area contributed by atoms with Crippen molar-refractivity contribution in [2.45, 2.75) is 0 Å². The van der Waals surface area contributed by atoms with Crippen molar-refractivity contribution < 1.29 is 13.9 Å². The maximum absolute atomic E-state index is 13.9. The van der Waals surface area contributed by atoms with E-state index < -0.39 is 5.82 Å². The van der Waals surface area contributed by atoms with Gasteiger partial charge in [0.25, 0.3) is 5.91 Å². The molecule has 0 bridgehead atoms. The van der Waals surface area contributed by atoms with E-state index in [0.29, 0.717) is 21.5 Å². The maximum atomic E-state index is 13.9. The summed E-state index contributed by atoms with van der Waals surface area (Å²) in [6.45, 7) is -0.151. The van der Waals surface area contributed by atoms with Crippen molar-refractivity contribution in [3.8, 4) is 11.8 Å². The molecule has 0 aliphatic heterocycles. The number of amides is 1. The van der Waals surface area contributed by atoms with Crippen LogP contribution in [0.5, 0.6) is 5.75 Å². The first-order valence-electron chi connectivity index (χ1n) is 8.71. The van der Waals surface area contributed by atoms with Crippen molar-refractivity contribution in [2.24, 2.45) is 0 Å². The largest absolute Gasteiger partial charge is 0.483 e. The molecule has 0 saturated carbocycles. The first kappa shape index (κ1) is 20.3. The van der Waals surface area contributed by atoms with Crippen LogP contribution in [0.2, 0.25) is 0 Å². The van der Waals surface area contributed by atoms with Crippen LogP contribution in [0.4, 0.5) is 10.1 Å². The molecule has 29 heavy (non-hydrogen) atoms. The Hall–Kier alpha value is -3.43. The number of para-hydroxylation sites is 1. The van der Waals surface area contributed by atoms with Crippen molar-refractivity contribution >= 4 is 39.2 Å². The molecule has 3 rings (SSSR count). The number of allylic oxidation sites excluding steroid dienone is 1. The van der Waals surface area contributed by atoms with Crippen LogP contribution >= 0.6 is 15.9 Å². The zero-order chi connectivity index (χ0) is 20.6. The molecule has 0 radical (unpaired) electrons. The summed E-state index contributed by atoms with van der Waals surface area (Å²) in [5, 5.41) is 12.1. The van der Waals surface area contributed by atoms with Gasteiger partial charge in [0.2, 0.25) is 0 Å². The Morgan fingerprint density at radius 1 is 1.10 bits per heavy atom. The minimum absolute atomic E-state index is 0.151. The van der Waals surface area contributed by atoms with Gasteiger partial charge in [-0.25, -0.2) is 4.39 Å². The summed E-state index contributed by atoms with van der Waals surface area (Å²) in [6.07, 6.45) is 1.59. The highest BCUT2D eigenvalue weighted by molar-refractivity contribution is 9.10. The van der Waals surface area contributed by atoms with Crippen LogP contribution in [0.15, 0.2) is 77.3 Å². The zero-order valence-corrected chi connectivity index (χ0v) is 16.8. The zero-order valence-electron chi connectivity index (χ0n) is 15.2. The van der Waals surface area contributed by atoms with Crippen molar-refractivity contribution in [1.29, 1.82) is 5.26 Å². The monoisotopic (exact) mass is 450 g/mol. The topological polar surface area (TPSA) is 62.1 Å². The molecule has 6 heteroatoms. The standard InChI is InChI=1S/C23H16BrFN2O2/c24-20-13-16(12-17(14-26)19-8-4-5-9-21(19)25)10-11-22(20)29-15-23(28)27-18-6-2-1-3-7-18/h1-13H,15H2,(H,27,28). The van der Waals surface area contributed by atoms with Crippen LogP contribution in [0.1, 0.15) is 11.1 Å². The number of carbonyl (C=O) groups excluding carboxylic acids is 1. The van der Waals surface area contributed by atoms with Crippen LogP contribution in [0.25, 0.3) is 11.6 Å². The Morgan fingerprint density at radius 2 is 1.83 bits per heavy atom. The van der Waals surface area contributed by atoms with Gasteiger partial charge in [-0.15, -0.1) is 0 Å². The van der Waals surface area contributed by atoms with Crippen molar-refractivity contribution in [1.82, 2.24) is 0 Å². The van der Waals surface area contributed by atoms with E-state index in [1.807, 2.05) is 24.3 Å². The second-order valence-electron chi connectivity index (χ2n) is 6.04. The SMILES string of the molecule is N#CC(=Cc1ccc(OCC(=O)Nc2ccccc2)c(Br)c1)c1ccccc1F. The minimum Gasteiger partial charge on any atom is -0.483 e. The van der Waals surface area contributed by atoms with Gasteiger partial charge in [-0.2, -0.15) is 5.26 Å². The molecule has 0 unspecified atom stereocenters. The molecule has 3 aromatic rings. The van der Waals surface area contributed by atoms with Gasteiger partial charge in [-0.1, -0.05) is 42.5 Å². The number of rotatable bonds is 6. The lowest BCUT2D eigenvalue weighted by Crippen LogP contribution is -2.20. The minimum atomic E-state index is -0.455. The van der Waals surface area contributed by atoms with Gasteiger partial charge >= 0.3 is 0 Å². The molecule has 0 aromatic heterocycles. The number of halogens is 2. The number of nitrogens with zero attached hydrogens (tertiary/aromatic N) is 1. The summed E-state index contributed by atoms with van der Waals surface area (Å²) >= 11 is 3.40. The van der Waals surface area contributed by atoms with Crippen LogP contribution in [0, 0.1) is 17.1 Å². The van der Waals surface area contributed by atoms with E-state index in [0.717, 1.165) is 0 Å². The lowest BCUT2D eigenvalue weighted by Gasteiger charge is -2.10. The molecule has 0 heterocycles. The third-order valence-electron chi connectivity index (χ3n) is 3.97. The number of anilines is 1. The number of nitriles is 1. The number of hydrogen-bond acceptors (Lipinski definition) is 3. The maximum Gasteiger partial charge on any atom is 0.262 e. The number of ether oxygens (including phenoxy) is 1. The van der Waals surface area contributed by atoms with Crippen LogP contribution in [-0.4, -0.2) is 12.5 Å². The molecule has 144 valence electrons. The smallest absolute Gasteiger partial charge is 0.262 e. The van der Waals surface area contributed by atoms with Crippen LogP contribution in [-0.2, 0) is 4.79 Å².